The van der Waals surface area contributed by atoms with Crippen molar-refractivity contribution in [1.82, 2.24) is 0 Å². The van der Waals surface area contributed by atoms with Crippen molar-refractivity contribution < 1.29 is 18.3 Å². The third-order valence-electron chi connectivity index (χ3n) is 3.18. The zero-order chi connectivity index (χ0) is 11.9. The molecule has 1 saturated carbocycles. The van der Waals surface area contributed by atoms with Crippen molar-refractivity contribution in [2.45, 2.75) is 25.2 Å². The molecule has 4 heteroatoms. The van der Waals surface area contributed by atoms with Gasteiger partial charge in [-0.1, -0.05) is 0 Å². The van der Waals surface area contributed by atoms with E-state index in [1.807, 2.05) is 0 Å². The highest BCUT2D eigenvalue weighted by atomic mass is 19.2. The van der Waals surface area contributed by atoms with Gasteiger partial charge < -0.3 is 4.74 Å². The van der Waals surface area contributed by atoms with Gasteiger partial charge in [0.1, 0.15) is 11.5 Å². The Hall–Kier alpha value is -1.45. The Morgan fingerprint density at radius 2 is 1.88 bits per heavy atom. The summed E-state index contributed by atoms with van der Waals surface area (Å²) in [5, 5.41) is 0. The lowest BCUT2D eigenvalue weighted by molar-refractivity contribution is -0.119. The van der Waals surface area contributed by atoms with Crippen LogP contribution >= 0.6 is 0 Å². The molecule has 1 aromatic carbocycles. The lowest BCUT2D eigenvalue weighted by atomic mass is 9.91. The molecule has 0 aromatic heterocycles. The van der Waals surface area contributed by atoms with E-state index in [4.69, 9.17) is 4.74 Å². The van der Waals surface area contributed by atoms with E-state index in [0.29, 0.717) is 18.4 Å². The standard InChI is InChI=1S/C12H12F2O2/c1-7(15)12(3-4-12)8-5-9(13)10(14)6-11(8)16-2/h5-6H,3-4H2,1-2H3. The Balaban J connectivity index is 2.56. The summed E-state index contributed by atoms with van der Waals surface area (Å²) in [5.41, 5.74) is -0.193. The number of methoxy groups -OCH3 is 1. The van der Waals surface area contributed by atoms with E-state index in [1.165, 1.54) is 14.0 Å². The first-order valence-electron chi connectivity index (χ1n) is 5.06. The number of benzene rings is 1. The minimum absolute atomic E-state index is 0.0307. The smallest absolute Gasteiger partial charge is 0.162 e. The first-order chi connectivity index (χ1) is 7.51. The molecule has 86 valence electrons. The van der Waals surface area contributed by atoms with Gasteiger partial charge in [-0.25, -0.2) is 8.78 Å². The van der Waals surface area contributed by atoms with Gasteiger partial charge in [-0.3, -0.25) is 4.79 Å². The van der Waals surface area contributed by atoms with Crippen LogP contribution in [0.4, 0.5) is 8.78 Å². The molecule has 0 spiro atoms. The Bertz CT molecular complexity index is 451. The molecule has 0 unspecified atom stereocenters. The van der Waals surface area contributed by atoms with E-state index in [1.54, 1.807) is 0 Å². The van der Waals surface area contributed by atoms with Crippen LogP contribution in [-0.2, 0) is 10.2 Å². The van der Waals surface area contributed by atoms with E-state index >= 15 is 0 Å². The first-order valence-corrected chi connectivity index (χ1v) is 5.06. The number of carbonyl (C=O) groups is 1. The molecule has 1 aliphatic rings. The van der Waals surface area contributed by atoms with Crippen LogP contribution < -0.4 is 4.74 Å². The molecule has 16 heavy (non-hydrogen) atoms. The van der Waals surface area contributed by atoms with Crippen LogP contribution in [-0.4, -0.2) is 12.9 Å². The van der Waals surface area contributed by atoms with Crippen LogP contribution in [0.3, 0.4) is 0 Å². The van der Waals surface area contributed by atoms with E-state index in [2.05, 4.69) is 0 Å². The van der Waals surface area contributed by atoms with Crippen molar-refractivity contribution in [1.29, 1.82) is 0 Å². The fourth-order valence-electron chi connectivity index (χ4n) is 2.01. The maximum Gasteiger partial charge on any atom is 0.162 e. The molecular weight excluding hydrogens is 214 g/mol. The van der Waals surface area contributed by atoms with Gasteiger partial charge in [0.2, 0.25) is 0 Å². The summed E-state index contributed by atoms with van der Waals surface area (Å²) in [7, 11) is 1.38. The monoisotopic (exact) mass is 226 g/mol. The zero-order valence-corrected chi connectivity index (χ0v) is 9.14. The Labute approximate surface area is 92.2 Å². The number of halogens is 2. The minimum atomic E-state index is -0.958. The zero-order valence-electron chi connectivity index (χ0n) is 9.14. The molecule has 2 rings (SSSR count). The first kappa shape index (κ1) is 11.0. The number of hydrogen-bond acceptors (Lipinski definition) is 2. The van der Waals surface area contributed by atoms with Gasteiger partial charge in [-0.2, -0.15) is 0 Å². The van der Waals surface area contributed by atoms with Crippen LogP contribution in [0.2, 0.25) is 0 Å². The van der Waals surface area contributed by atoms with Crippen molar-refractivity contribution >= 4 is 5.78 Å². The summed E-state index contributed by atoms with van der Waals surface area (Å²) in [6.07, 6.45) is 1.34. The van der Waals surface area contributed by atoms with E-state index < -0.39 is 17.0 Å². The van der Waals surface area contributed by atoms with Gasteiger partial charge in [0.15, 0.2) is 11.6 Å². The Morgan fingerprint density at radius 1 is 1.31 bits per heavy atom. The molecule has 1 aliphatic carbocycles. The van der Waals surface area contributed by atoms with Gasteiger partial charge in [0.05, 0.1) is 12.5 Å². The molecule has 0 saturated heterocycles. The number of Topliss-reactive ketones (excluding diaryl/α,β-unsaturated/α-hetero) is 1. The molecule has 0 bridgehead atoms. The fourth-order valence-corrected chi connectivity index (χ4v) is 2.01. The molecule has 1 fully saturated rings. The number of ketones is 1. The fraction of sp³-hybridized carbons (Fsp3) is 0.417. The topological polar surface area (TPSA) is 26.3 Å². The third-order valence-corrected chi connectivity index (χ3v) is 3.18. The second-order valence-electron chi connectivity index (χ2n) is 4.10. The van der Waals surface area contributed by atoms with Gasteiger partial charge >= 0.3 is 0 Å². The van der Waals surface area contributed by atoms with Crippen LogP contribution in [0.5, 0.6) is 5.75 Å². The van der Waals surface area contributed by atoms with E-state index in [0.717, 1.165) is 12.1 Å². The molecule has 0 heterocycles. The summed E-state index contributed by atoms with van der Waals surface area (Å²) in [4.78, 5) is 11.5. The molecule has 0 aliphatic heterocycles. The van der Waals surface area contributed by atoms with Crippen LogP contribution in [0.25, 0.3) is 0 Å². The van der Waals surface area contributed by atoms with Crippen LogP contribution in [0.1, 0.15) is 25.3 Å². The summed E-state index contributed by atoms with van der Waals surface area (Å²) in [5.74, 6) is -1.69. The normalized spacial score (nSPS) is 17.0. The molecule has 0 atom stereocenters. The number of carbonyl (C=O) groups excluding carboxylic acids is 1. The molecule has 0 radical (unpaired) electrons. The molecule has 1 aromatic rings. The predicted octanol–water partition coefficient (Wildman–Crippen LogP) is 2.59. The van der Waals surface area contributed by atoms with Gasteiger partial charge in [-0.05, 0) is 25.8 Å². The lowest BCUT2D eigenvalue weighted by Crippen LogP contribution is -2.18. The van der Waals surface area contributed by atoms with Gasteiger partial charge in [0.25, 0.3) is 0 Å². The molecule has 2 nitrogen and oxygen atoms in total. The molecule has 0 amide bonds. The quantitative estimate of drug-likeness (QED) is 0.791. The average Bonchev–Trinajstić information content (AvgIpc) is 3.02. The van der Waals surface area contributed by atoms with Gasteiger partial charge in [-0.15, -0.1) is 0 Å². The SMILES string of the molecule is COc1cc(F)c(F)cc1C1(C(C)=O)CC1. The lowest BCUT2D eigenvalue weighted by Gasteiger charge is -2.16. The van der Waals surface area contributed by atoms with Crippen molar-refractivity contribution in [2.24, 2.45) is 0 Å². The van der Waals surface area contributed by atoms with E-state index in [-0.39, 0.29) is 11.5 Å². The average molecular weight is 226 g/mol. The second kappa shape index (κ2) is 3.54. The largest absolute Gasteiger partial charge is 0.496 e. The number of ether oxygens (including phenoxy) is 1. The number of hydrogen-bond donors (Lipinski definition) is 0. The van der Waals surface area contributed by atoms with Crippen molar-refractivity contribution in [3.8, 4) is 5.75 Å². The van der Waals surface area contributed by atoms with Crippen molar-refractivity contribution in [3.05, 3.63) is 29.3 Å². The Morgan fingerprint density at radius 3 is 2.31 bits per heavy atom. The second-order valence-corrected chi connectivity index (χ2v) is 4.10. The van der Waals surface area contributed by atoms with Crippen LogP contribution in [0.15, 0.2) is 12.1 Å². The van der Waals surface area contributed by atoms with Crippen molar-refractivity contribution in [3.63, 3.8) is 0 Å². The molecule has 0 N–H and O–H groups in total. The highest BCUT2D eigenvalue weighted by Crippen LogP contribution is 2.52. The van der Waals surface area contributed by atoms with E-state index in [9.17, 15) is 13.6 Å². The van der Waals surface area contributed by atoms with Gasteiger partial charge in [0, 0.05) is 11.6 Å². The van der Waals surface area contributed by atoms with Crippen LogP contribution in [0, 0.1) is 11.6 Å². The minimum Gasteiger partial charge on any atom is -0.496 e. The maximum atomic E-state index is 13.2. The number of rotatable bonds is 3. The summed E-state index contributed by atoms with van der Waals surface area (Å²) in [6.45, 7) is 1.47. The predicted molar refractivity (Wildman–Crippen MR) is 54.5 cm³/mol. The summed E-state index contributed by atoms with van der Waals surface area (Å²) in [6, 6.07) is 2.07. The Kier molecular flexibility index (Phi) is 2.45. The summed E-state index contributed by atoms with van der Waals surface area (Å²) >= 11 is 0. The molecular formula is C12H12F2O2. The highest BCUT2D eigenvalue weighted by Gasteiger charge is 2.50. The maximum absolute atomic E-state index is 13.2. The van der Waals surface area contributed by atoms with Crippen molar-refractivity contribution in [2.75, 3.05) is 7.11 Å². The third kappa shape index (κ3) is 1.49. The highest BCUT2D eigenvalue weighted by molar-refractivity contribution is 5.91. The summed E-state index contributed by atoms with van der Waals surface area (Å²) < 4.78 is 31.2.